The molecule has 2 N–H and O–H groups in total. The van der Waals surface area contributed by atoms with Gasteiger partial charge in [0, 0.05) is 12.1 Å². The molecular weight excluding hydrogens is 413 g/mol. The number of alkyl halides is 3. The molecule has 0 saturated heterocycles. The quantitative estimate of drug-likeness (QED) is 0.645. The molecule has 3 aromatic rings. The van der Waals surface area contributed by atoms with Crippen LogP contribution in [0.5, 0.6) is 5.75 Å². The third kappa shape index (κ3) is 4.85. The minimum absolute atomic E-state index is 0.0359. The minimum Gasteiger partial charge on any atom is -0.484 e. The van der Waals surface area contributed by atoms with Crippen LogP contribution in [0.1, 0.15) is 17.5 Å². The third-order valence-electron chi connectivity index (χ3n) is 4.65. The zero-order chi connectivity index (χ0) is 22.0. The number of nitrogens with one attached hydrogen (secondary N) is 2. The lowest BCUT2D eigenvalue weighted by Gasteiger charge is -2.17. The second-order valence-corrected chi connectivity index (χ2v) is 6.93. The van der Waals surface area contributed by atoms with Crippen LogP contribution in [0.25, 0.3) is 5.69 Å². The van der Waals surface area contributed by atoms with Crippen LogP contribution in [0.15, 0.2) is 54.9 Å². The fraction of sp³-hybridized carbons (Fsp3) is 0.190. The molecular formula is C21H17F3N4O3. The van der Waals surface area contributed by atoms with E-state index in [1.807, 2.05) is 0 Å². The Morgan fingerprint density at radius 3 is 2.84 bits per heavy atom. The lowest BCUT2D eigenvalue weighted by molar-refractivity contribution is -0.137. The summed E-state index contributed by atoms with van der Waals surface area (Å²) in [6.07, 6.45) is -0.722. The highest BCUT2D eigenvalue weighted by atomic mass is 19.4. The van der Waals surface area contributed by atoms with E-state index in [2.05, 4.69) is 15.7 Å². The number of rotatable bonds is 5. The predicted octanol–water partition coefficient (Wildman–Crippen LogP) is 3.79. The zero-order valence-corrected chi connectivity index (χ0v) is 16.1. The molecule has 2 aromatic carbocycles. The van der Waals surface area contributed by atoms with Crippen LogP contribution >= 0.6 is 0 Å². The van der Waals surface area contributed by atoms with Crippen LogP contribution in [-0.2, 0) is 22.2 Å². The molecule has 1 aromatic heterocycles. The monoisotopic (exact) mass is 430 g/mol. The van der Waals surface area contributed by atoms with Gasteiger partial charge in [-0.3, -0.25) is 9.59 Å². The molecule has 2 amide bonds. The van der Waals surface area contributed by atoms with Crippen LogP contribution in [0, 0.1) is 0 Å². The Labute approximate surface area is 174 Å². The van der Waals surface area contributed by atoms with Gasteiger partial charge in [-0.05, 0) is 48.4 Å². The number of aromatic nitrogens is 2. The van der Waals surface area contributed by atoms with Gasteiger partial charge in [0.15, 0.2) is 6.61 Å². The SMILES string of the molecule is O=C(COc1ccc2c(c1)CCC(=O)N2)Nc1cnn(-c2cccc(C(F)(F)F)c2)c1. The van der Waals surface area contributed by atoms with Crippen molar-refractivity contribution in [3.8, 4) is 11.4 Å². The van der Waals surface area contributed by atoms with E-state index in [9.17, 15) is 22.8 Å². The zero-order valence-electron chi connectivity index (χ0n) is 16.1. The summed E-state index contributed by atoms with van der Waals surface area (Å²) in [5.74, 6) is 0.00514. The highest BCUT2D eigenvalue weighted by Gasteiger charge is 2.30. The van der Waals surface area contributed by atoms with Crippen molar-refractivity contribution in [2.45, 2.75) is 19.0 Å². The van der Waals surface area contributed by atoms with E-state index in [0.717, 1.165) is 23.4 Å². The lowest BCUT2D eigenvalue weighted by Crippen LogP contribution is -2.21. The fourth-order valence-electron chi connectivity index (χ4n) is 3.15. The van der Waals surface area contributed by atoms with Gasteiger partial charge in [-0.1, -0.05) is 6.07 Å². The maximum absolute atomic E-state index is 12.9. The van der Waals surface area contributed by atoms with Crippen LogP contribution in [-0.4, -0.2) is 28.2 Å². The Hall–Kier alpha value is -3.82. The summed E-state index contributed by atoms with van der Waals surface area (Å²) in [6.45, 7) is -0.264. The number of fused-ring (bicyclic) bond motifs is 1. The second-order valence-electron chi connectivity index (χ2n) is 6.93. The molecule has 10 heteroatoms. The van der Waals surface area contributed by atoms with Crippen LogP contribution in [0.4, 0.5) is 24.5 Å². The van der Waals surface area contributed by atoms with Crippen molar-refractivity contribution in [3.63, 3.8) is 0 Å². The molecule has 1 aliphatic heterocycles. The minimum atomic E-state index is -4.46. The van der Waals surface area contributed by atoms with E-state index in [1.165, 1.54) is 29.2 Å². The first kappa shape index (κ1) is 20.5. The molecule has 1 aliphatic rings. The van der Waals surface area contributed by atoms with Crippen molar-refractivity contribution >= 4 is 23.2 Å². The number of hydrogen-bond donors (Lipinski definition) is 2. The van der Waals surface area contributed by atoms with Crippen molar-refractivity contribution in [1.29, 1.82) is 0 Å². The van der Waals surface area contributed by atoms with E-state index < -0.39 is 17.6 Å². The van der Waals surface area contributed by atoms with Crippen molar-refractivity contribution < 1.29 is 27.5 Å². The summed E-state index contributed by atoms with van der Waals surface area (Å²) in [7, 11) is 0. The molecule has 2 heterocycles. The van der Waals surface area contributed by atoms with Crippen LogP contribution in [0.2, 0.25) is 0 Å². The smallest absolute Gasteiger partial charge is 0.416 e. The number of carbonyl (C=O) groups excluding carboxylic acids is 2. The van der Waals surface area contributed by atoms with Gasteiger partial charge >= 0.3 is 6.18 Å². The molecule has 0 bridgehead atoms. The molecule has 31 heavy (non-hydrogen) atoms. The van der Waals surface area contributed by atoms with Crippen molar-refractivity contribution in [2.75, 3.05) is 17.2 Å². The number of nitrogens with zero attached hydrogens (tertiary/aromatic N) is 2. The van der Waals surface area contributed by atoms with E-state index in [0.29, 0.717) is 24.3 Å². The highest BCUT2D eigenvalue weighted by molar-refractivity contribution is 5.94. The molecule has 0 aliphatic carbocycles. The highest BCUT2D eigenvalue weighted by Crippen LogP contribution is 2.30. The third-order valence-corrected chi connectivity index (χ3v) is 4.65. The van der Waals surface area contributed by atoms with Gasteiger partial charge in [0.1, 0.15) is 5.75 Å². The summed E-state index contributed by atoms with van der Waals surface area (Å²) >= 11 is 0. The second kappa shape index (κ2) is 8.13. The molecule has 4 rings (SSSR count). The van der Waals surface area contributed by atoms with Gasteiger partial charge < -0.3 is 15.4 Å². The fourth-order valence-corrected chi connectivity index (χ4v) is 3.15. The number of aryl methyl sites for hydroxylation is 1. The van der Waals surface area contributed by atoms with Gasteiger partial charge in [0.05, 0.1) is 29.3 Å². The first-order valence-electron chi connectivity index (χ1n) is 9.36. The number of anilines is 2. The van der Waals surface area contributed by atoms with Crippen molar-refractivity contribution in [1.82, 2.24) is 9.78 Å². The van der Waals surface area contributed by atoms with Crippen molar-refractivity contribution in [2.24, 2.45) is 0 Å². The normalized spacial score (nSPS) is 13.3. The average Bonchev–Trinajstić information content (AvgIpc) is 3.20. The largest absolute Gasteiger partial charge is 0.484 e. The van der Waals surface area contributed by atoms with Gasteiger partial charge in [0.25, 0.3) is 5.91 Å². The first-order chi connectivity index (χ1) is 14.8. The number of carbonyl (C=O) groups is 2. The molecule has 0 spiro atoms. The summed E-state index contributed by atoms with van der Waals surface area (Å²) in [6, 6.07) is 9.86. The Morgan fingerprint density at radius 2 is 2.03 bits per heavy atom. The summed E-state index contributed by atoms with van der Waals surface area (Å²) in [5, 5.41) is 9.35. The van der Waals surface area contributed by atoms with Crippen LogP contribution < -0.4 is 15.4 Å². The molecule has 160 valence electrons. The Bertz CT molecular complexity index is 1140. The summed E-state index contributed by atoms with van der Waals surface area (Å²) in [5.41, 5.74) is 1.41. The Kier molecular flexibility index (Phi) is 5.37. The lowest BCUT2D eigenvalue weighted by atomic mass is 10.0. The summed E-state index contributed by atoms with van der Waals surface area (Å²) < 4.78 is 45.4. The maximum Gasteiger partial charge on any atom is 0.416 e. The van der Waals surface area contributed by atoms with Gasteiger partial charge in [-0.25, -0.2) is 4.68 Å². The molecule has 0 atom stereocenters. The maximum atomic E-state index is 12.9. The molecule has 7 nitrogen and oxygen atoms in total. The Morgan fingerprint density at radius 1 is 1.19 bits per heavy atom. The molecule has 0 fully saturated rings. The van der Waals surface area contributed by atoms with Gasteiger partial charge in [-0.15, -0.1) is 0 Å². The molecule has 0 unspecified atom stereocenters. The van der Waals surface area contributed by atoms with Gasteiger partial charge in [-0.2, -0.15) is 18.3 Å². The van der Waals surface area contributed by atoms with Crippen molar-refractivity contribution in [3.05, 3.63) is 66.0 Å². The number of halogens is 3. The molecule has 0 saturated carbocycles. The number of amides is 2. The predicted molar refractivity (Wildman–Crippen MR) is 106 cm³/mol. The first-order valence-corrected chi connectivity index (χ1v) is 9.36. The molecule has 0 radical (unpaired) electrons. The standard InChI is InChI=1S/C21H17F3N4O3/c22-21(23,24)14-2-1-3-16(9-14)28-11-15(10-25-28)26-20(30)12-31-17-5-6-18-13(8-17)4-7-19(29)27-18/h1-3,5-6,8-11H,4,7,12H2,(H,26,30)(H,27,29). The van der Waals surface area contributed by atoms with Crippen LogP contribution in [0.3, 0.4) is 0 Å². The van der Waals surface area contributed by atoms with E-state index in [-0.39, 0.29) is 18.2 Å². The van der Waals surface area contributed by atoms with E-state index >= 15 is 0 Å². The number of hydrogen-bond acceptors (Lipinski definition) is 4. The van der Waals surface area contributed by atoms with E-state index in [4.69, 9.17) is 4.74 Å². The van der Waals surface area contributed by atoms with E-state index in [1.54, 1.807) is 18.2 Å². The Balaban J connectivity index is 1.36. The average molecular weight is 430 g/mol. The summed E-state index contributed by atoms with van der Waals surface area (Å²) in [4.78, 5) is 23.6. The number of benzene rings is 2. The topological polar surface area (TPSA) is 85.2 Å². The number of ether oxygens (including phenoxy) is 1. The van der Waals surface area contributed by atoms with Gasteiger partial charge in [0.2, 0.25) is 5.91 Å².